The molecule has 1 rings (SSSR count). The van der Waals surface area contributed by atoms with Crippen molar-refractivity contribution in [2.24, 2.45) is 5.14 Å². The zero-order chi connectivity index (χ0) is 8.32. The van der Waals surface area contributed by atoms with Crippen LogP contribution >= 0.6 is 11.3 Å². The number of nitrogens with zero attached hydrogens (tertiary/aromatic N) is 1. The molecule has 0 fully saturated rings. The second-order valence-corrected chi connectivity index (χ2v) is 3.80. The van der Waals surface area contributed by atoms with Gasteiger partial charge in [-0.05, 0) is 0 Å². The van der Waals surface area contributed by atoms with E-state index in [9.17, 15) is 8.42 Å². The first-order chi connectivity index (χ1) is 5.08. The van der Waals surface area contributed by atoms with Gasteiger partial charge < -0.3 is 0 Å². The third kappa shape index (κ3) is 3.28. The Bertz CT molecular complexity index is 304. The van der Waals surface area contributed by atoms with Crippen LogP contribution in [0.1, 0.15) is 0 Å². The number of thiazole rings is 1. The van der Waals surface area contributed by atoms with Gasteiger partial charge in [0.25, 0.3) is 10.2 Å². The number of nitrogens with one attached hydrogen (secondary N) is 2. The number of anilines is 1. The molecule has 0 unspecified atom stereocenters. The van der Waals surface area contributed by atoms with Crippen LogP contribution < -0.4 is 15.4 Å². The maximum atomic E-state index is 10.3. The van der Waals surface area contributed by atoms with Gasteiger partial charge in [0.15, 0.2) is 5.13 Å². The summed E-state index contributed by atoms with van der Waals surface area (Å²) in [5.41, 5.74) is 2.31. The van der Waals surface area contributed by atoms with Crippen molar-refractivity contribution in [1.82, 2.24) is 9.82 Å². The second kappa shape index (κ2) is 3.13. The molecule has 62 valence electrons. The van der Waals surface area contributed by atoms with E-state index in [-0.39, 0.29) is 0 Å². The lowest BCUT2D eigenvalue weighted by Gasteiger charge is -1.99. The Kier molecular flexibility index (Phi) is 2.39. The van der Waals surface area contributed by atoms with Crippen LogP contribution in [0.5, 0.6) is 0 Å². The molecule has 0 saturated carbocycles. The van der Waals surface area contributed by atoms with Gasteiger partial charge in [-0.3, -0.25) is 5.43 Å². The summed E-state index contributed by atoms with van der Waals surface area (Å²) < 4.78 is 20.6. The molecule has 0 spiro atoms. The van der Waals surface area contributed by atoms with Crippen molar-refractivity contribution >= 4 is 26.7 Å². The van der Waals surface area contributed by atoms with Crippen LogP contribution in [0.25, 0.3) is 0 Å². The van der Waals surface area contributed by atoms with Crippen molar-refractivity contribution in [2.45, 2.75) is 0 Å². The van der Waals surface area contributed by atoms with E-state index in [4.69, 9.17) is 0 Å². The van der Waals surface area contributed by atoms with Gasteiger partial charge in [0.2, 0.25) is 0 Å². The molecule has 0 amide bonds. The summed E-state index contributed by atoms with van der Waals surface area (Å²) in [7, 11) is -3.69. The third-order valence-electron chi connectivity index (χ3n) is 0.733. The van der Waals surface area contributed by atoms with Gasteiger partial charge in [0.05, 0.1) is 0 Å². The molecule has 0 saturated heterocycles. The largest absolute Gasteiger partial charge is 0.291 e. The van der Waals surface area contributed by atoms with Crippen LogP contribution in [0, 0.1) is 0 Å². The molecule has 1 aromatic heterocycles. The number of nitrogens with two attached hydrogens (primary N) is 1. The van der Waals surface area contributed by atoms with Gasteiger partial charge in [-0.2, -0.15) is 8.42 Å². The summed E-state index contributed by atoms with van der Waals surface area (Å²) in [6.07, 6.45) is 1.54. The molecule has 0 aromatic carbocycles. The van der Waals surface area contributed by atoms with Gasteiger partial charge in [-0.25, -0.2) is 10.1 Å². The van der Waals surface area contributed by atoms with Crippen LogP contribution in [-0.4, -0.2) is 13.4 Å². The van der Waals surface area contributed by atoms with E-state index >= 15 is 0 Å². The predicted molar refractivity (Wildman–Crippen MR) is 42.0 cm³/mol. The van der Waals surface area contributed by atoms with Gasteiger partial charge >= 0.3 is 0 Å². The maximum Gasteiger partial charge on any atom is 0.291 e. The Morgan fingerprint density at radius 3 is 2.82 bits per heavy atom. The average Bonchev–Trinajstić information content (AvgIpc) is 2.32. The molecule has 11 heavy (non-hydrogen) atoms. The van der Waals surface area contributed by atoms with Crippen LogP contribution in [-0.2, 0) is 10.2 Å². The van der Waals surface area contributed by atoms with Crippen LogP contribution in [0.3, 0.4) is 0 Å². The number of hydrogen-bond donors (Lipinski definition) is 3. The molecule has 0 atom stereocenters. The summed E-state index contributed by atoms with van der Waals surface area (Å²) >= 11 is 1.26. The van der Waals surface area contributed by atoms with Crippen molar-refractivity contribution in [3.63, 3.8) is 0 Å². The standard InChI is InChI=1S/C3H6N4O2S2/c4-11(8,9)7-6-3-5-1-2-10-3/h1-2,7H,(H,5,6)(H2,4,8,9). The predicted octanol–water partition coefficient (Wildman–Crippen LogP) is -0.737. The number of aromatic nitrogens is 1. The summed E-state index contributed by atoms with van der Waals surface area (Å²) in [6.45, 7) is 0. The van der Waals surface area contributed by atoms with E-state index in [2.05, 4.69) is 15.5 Å². The van der Waals surface area contributed by atoms with Crippen LogP contribution in [0.2, 0.25) is 0 Å². The minimum absolute atomic E-state index is 0.444. The molecule has 0 aliphatic carbocycles. The fourth-order valence-corrected chi connectivity index (χ4v) is 1.19. The average molecular weight is 194 g/mol. The first-order valence-corrected chi connectivity index (χ1v) is 4.95. The maximum absolute atomic E-state index is 10.3. The first kappa shape index (κ1) is 8.40. The van der Waals surface area contributed by atoms with Gasteiger partial charge in [-0.1, -0.05) is 0 Å². The molecule has 4 N–H and O–H groups in total. The summed E-state index contributed by atoms with van der Waals surface area (Å²) in [5, 5.41) is 6.77. The molecule has 0 aliphatic rings. The zero-order valence-electron chi connectivity index (χ0n) is 5.31. The lowest BCUT2D eigenvalue weighted by Crippen LogP contribution is -2.35. The molecule has 0 aliphatic heterocycles. The van der Waals surface area contributed by atoms with Crippen molar-refractivity contribution in [3.8, 4) is 0 Å². The highest BCUT2D eigenvalue weighted by Gasteiger charge is 1.99. The lowest BCUT2D eigenvalue weighted by atomic mass is 11.0. The van der Waals surface area contributed by atoms with E-state index < -0.39 is 10.2 Å². The SMILES string of the molecule is NS(=O)(=O)NNc1nccs1. The second-order valence-electron chi connectivity index (χ2n) is 1.61. The Labute approximate surface area is 67.6 Å². The smallest absolute Gasteiger partial charge is 0.282 e. The fraction of sp³-hybridized carbons (Fsp3) is 0. The number of rotatable bonds is 3. The highest BCUT2D eigenvalue weighted by atomic mass is 32.2. The van der Waals surface area contributed by atoms with Crippen molar-refractivity contribution in [1.29, 1.82) is 0 Å². The molecule has 1 aromatic rings. The Morgan fingerprint density at radius 2 is 2.36 bits per heavy atom. The van der Waals surface area contributed by atoms with E-state index in [1.165, 1.54) is 17.5 Å². The minimum atomic E-state index is -3.69. The molecule has 8 heteroatoms. The molecular weight excluding hydrogens is 188 g/mol. The third-order valence-corrected chi connectivity index (χ3v) is 1.81. The lowest BCUT2D eigenvalue weighted by molar-refractivity contribution is 0.589. The molecule has 1 heterocycles. The Balaban J connectivity index is 2.48. The van der Waals surface area contributed by atoms with Crippen molar-refractivity contribution in [2.75, 3.05) is 5.43 Å². The topological polar surface area (TPSA) is 97.1 Å². The van der Waals surface area contributed by atoms with Crippen molar-refractivity contribution in [3.05, 3.63) is 11.6 Å². The van der Waals surface area contributed by atoms with E-state index in [1.807, 2.05) is 4.83 Å². The van der Waals surface area contributed by atoms with Gasteiger partial charge in [0.1, 0.15) is 0 Å². The summed E-state index contributed by atoms with van der Waals surface area (Å²) in [5.74, 6) is 0. The van der Waals surface area contributed by atoms with Crippen molar-refractivity contribution < 1.29 is 8.42 Å². The van der Waals surface area contributed by atoms with Crippen LogP contribution in [0.15, 0.2) is 11.6 Å². The fourth-order valence-electron chi connectivity index (χ4n) is 0.400. The molecular formula is C3H6N4O2S2. The molecule has 6 nitrogen and oxygen atoms in total. The minimum Gasteiger partial charge on any atom is -0.282 e. The van der Waals surface area contributed by atoms with E-state index in [1.54, 1.807) is 5.38 Å². The summed E-state index contributed by atoms with van der Waals surface area (Å²) in [6, 6.07) is 0. The Morgan fingerprint density at radius 1 is 1.64 bits per heavy atom. The highest BCUT2D eigenvalue weighted by molar-refractivity contribution is 7.87. The highest BCUT2D eigenvalue weighted by Crippen LogP contribution is 2.07. The quantitative estimate of drug-likeness (QED) is 0.552. The zero-order valence-corrected chi connectivity index (χ0v) is 6.95. The summed E-state index contributed by atoms with van der Waals surface area (Å²) in [4.78, 5) is 5.62. The van der Waals surface area contributed by atoms with E-state index in [0.717, 1.165) is 0 Å². The first-order valence-electron chi connectivity index (χ1n) is 2.53. The normalized spacial score (nSPS) is 11.4. The van der Waals surface area contributed by atoms with Gasteiger partial charge in [-0.15, -0.1) is 16.2 Å². The monoisotopic (exact) mass is 194 g/mol. The van der Waals surface area contributed by atoms with Gasteiger partial charge in [0, 0.05) is 11.6 Å². The number of hydrogen-bond acceptors (Lipinski definition) is 5. The van der Waals surface area contributed by atoms with Crippen LogP contribution in [0.4, 0.5) is 5.13 Å². The molecule has 0 bridgehead atoms. The van der Waals surface area contributed by atoms with E-state index in [0.29, 0.717) is 5.13 Å². The number of hydrazine groups is 1. The molecule has 0 radical (unpaired) electrons. The Hall–Kier alpha value is -0.700.